The molecule has 5 nitrogen and oxygen atoms in total. The molecule has 0 bridgehead atoms. The van der Waals surface area contributed by atoms with Crippen LogP contribution in [0, 0.1) is 10.1 Å². The quantitative estimate of drug-likeness (QED) is 0.495. The van der Waals surface area contributed by atoms with Crippen LogP contribution in [0.1, 0.15) is 5.56 Å². The van der Waals surface area contributed by atoms with Gasteiger partial charge in [-0.2, -0.15) is 0 Å². The van der Waals surface area contributed by atoms with Gasteiger partial charge in [0.1, 0.15) is 0 Å². The summed E-state index contributed by atoms with van der Waals surface area (Å²) in [6.07, 6.45) is 1.57. The van der Waals surface area contributed by atoms with Crippen molar-refractivity contribution in [3.63, 3.8) is 0 Å². The lowest BCUT2D eigenvalue weighted by Crippen LogP contribution is -2.08. The summed E-state index contributed by atoms with van der Waals surface area (Å²) in [5.74, 6) is 0. The molecule has 3 rings (SSSR count). The minimum absolute atomic E-state index is 0.108. The number of nitro groups is 1. The number of aliphatic imine (C=N–C) groups is 1. The van der Waals surface area contributed by atoms with E-state index >= 15 is 0 Å². The Bertz CT molecular complexity index is 796. The second kappa shape index (κ2) is 5.73. The van der Waals surface area contributed by atoms with E-state index in [1.807, 2.05) is 42.7 Å². The van der Waals surface area contributed by atoms with Crippen molar-refractivity contribution in [3.8, 4) is 0 Å². The fraction of sp³-hybridized carbons (Fsp3) is 0.125. The first-order valence-corrected chi connectivity index (χ1v) is 8.01. The van der Waals surface area contributed by atoms with E-state index in [1.54, 1.807) is 12.3 Å². The molecule has 1 atom stereocenters. The highest BCUT2D eigenvalue weighted by Crippen LogP contribution is 2.41. The maximum atomic E-state index is 11.2. The summed E-state index contributed by atoms with van der Waals surface area (Å²) in [7, 11) is 3.61. The van der Waals surface area contributed by atoms with Gasteiger partial charge in [-0.15, -0.1) is 10.5 Å². The van der Waals surface area contributed by atoms with E-state index in [2.05, 4.69) is 17.1 Å². The zero-order valence-electron chi connectivity index (χ0n) is 12.3. The molecule has 0 aromatic heterocycles. The minimum Gasteiger partial charge on any atom is -0.378 e. The molecule has 0 aliphatic carbocycles. The molecule has 0 saturated heterocycles. The van der Waals surface area contributed by atoms with Crippen LogP contribution < -0.4 is 4.90 Å². The molecule has 112 valence electrons. The minimum atomic E-state index is -0.377. The van der Waals surface area contributed by atoms with Gasteiger partial charge in [0.05, 0.1) is 16.0 Å². The second-order valence-corrected chi connectivity index (χ2v) is 6.85. The number of rotatable bonds is 3. The average molecular weight is 313 g/mol. The van der Waals surface area contributed by atoms with Crippen LogP contribution in [0.25, 0.3) is 0 Å². The third-order valence-corrected chi connectivity index (χ3v) is 5.40. The van der Waals surface area contributed by atoms with E-state index in [-0.39, 0.29) is 21.1 Å². The molecule has 2 aromatic carbocycles. The fourth-order valence-corrected chi connectivity index (χ4v) is 4.03. The van der Waals surface area contributed by atoms with E-state index in [9.17, 15) is 10.1 Å². The number of benzene rings is 2. The molecular weight excluding hydrogens is 298 g/mol. The van der Waals surface area contributed by atoms with Gasteiger partial charge in [0, 0.05) is 41.9 Å². The first-order chi connectivity index (χ1) is 10.6. The van der Waals surface area contributed by atoms with E-state index in [4.69, 9.17) is 0 Å². The number of anilines is 1. The summed E-state index contributed by atoms with van der Waals surface area (Å²) in [5.41, 5.74) is 3.69. The van der Waals surface area contributed by atoms with Gasteiger partial charge < -0.3 is 4.90 Å². The molecule has 0 amide bonds. The number of nitro benzene ring substituents is 1. The zero-order valence-corrected chi connectivity index (χ0v) is 13.1. The first kappa shape index (κ1) is 14.5. The number of hydrogen-bond donors (Lipinski definition) is 0. The van der Waals surface area contributed by atoms with Crippen molar-refractivity contribution in [3.05, 3.63) is 58.1 Å². The number of nitrogens with zero attached hydrogens (tertiary/aromatic N) is 3. The largest absolute Gasteiger partial charge is 0.378 e. The summed E-state index contributed by atoms with van der Waals surface area (Å²) >= 11 is 0. The first-order valence-electron chi connectivity index (χ1n) is 6.72. The monoisotopic (exact) mass is 313 g/mol. The van der Waals surface area contributed by atoms with Gasteiger partial charge in [0.2, 0.25) is 0 Å². The Hall–Kier alpha value is -2.47. The summed E-state index contributed by atoms with van der Waals surface area (Å²) in [6, 6.07) is 13.4. The van der Waals surface area contributed by atoms with Crippen molar-refractivity contribution in [2.75, 3.05) is 19.0 Å². The number of hydrogen-bond acceptors (Lipinski definition) is 4. The van der Waals surface area contributed by atoms with Crippen molar-refractivity contribution in [2.45, 2.75) is 9.79 Å². The summed E-state index contributed by atoms with van der Waals surface area (Å²) in [5, 5.41) is 11.2. The predicted octanol–water partition coefficient (Wildman–Crippen LogP) is 3.54. The van der Waals surface area contributed by atoms with E-state index in [0.29, 0.717) is 5.56 Å². The summed E-state index contributed by atoms with van der Waals surface area (Å²) in [6.45, 7) is 0. The highest BCUT2D eigenvalue weighted by molar-refractivity contribution is 8.15. The lowest BCUT2D eigenvalue weighted by molar-refractivity contribution is -0.385. The molecule has 2 aromatic rings. The Labute approximate surface area is 131 Å². The van der Waals surface area contributed by atoms with Crippen LogP contribution in [0.3, 0.4) is 0 Å². The zero-order chi connectivity index (χ0) is 15.7. The van der Waals surface area contributed by atoms with Gasteiger partial charge >= 0.3 is 0 Å². The molecule has 0 N–H and O–H groups in total. The Kier molecular flexibility index (Phi) is 3.77. The average Bonchev–Trinajstić information content (AvgIpc) is 2.53. The summed E-state index contributed by atoms with van der Waals surface area (Å²) in [4.78, 5) is 19.1. The highest BCUT2D eigenvalue weighted by atomic mass is 32.2. The predicted molar refractivity (Wildman–Crippen MR) is 91.6 cm³/mol. The molecule has 1 heterocycles. The summed E-state index contributed by atoms with van der Waals surface area (Å²) < 4.78 is 0. The molecule has 1 aliphatic heterocycles. The topological polar surface area (TPSA) is 58.7 Å². The Morgan fingerprint density at radius 1 is 1.14 bits per heavy atom. The standard InChI is InChI=1S/C16H15N3O2S/c1-18(2)12-6-8-13(9-7-12)22-11-17-10-14-15(19(20)21)4-3-5-16(14)22/h3-11H,1-2H3. The van der Waals surface area contributed by atoms with Gasteiger partial charge in [0.25, 0.3) is 5.69 Å². The van der Waals surface area contributed by atoms with E-state index in [0.717, 1.165) is 15.5 Å². The molecule has 0 saturated carbocycles. The normalized spacial score (nSPS) is 15.8. The van der Waals surface area contributed by atoms with Gasteiger partial charge in [-0.05, 0) is 30.3 Å². The van der Waals surface area contributed by atoms with E-state index < -0.39 is 0 Å². The maximum absolute atomic E-state index is 11.2. The Morgan fingerprint density at radius 3 is 2.50 bits per heavy atom. The molecule has 6 heteroatoms. The van der Waals surface area contributed by atoms with Crippen molar-refractivity contribution < 1.29 is 4.92 Å². The van der Waals surface area contributed by atoms with Crippen LogP contribution >= 0.6 is 10.5 Å². The third-order valence-electron chi connectivity index (χ3n) is 3.45. The van der Waals surface area contributed by atoms with E-state index in [1.165, 1.54) is 6.07 Å². The molecule has 1 aliphatic rings. The molecule has 0 radical (unpaired) electrons. The molecule has 1 unspecified atom stereocenters. The second-order valence-electron chi connectivity index (χ2n) is 5.06. The van der Waals surface area contributed by atoms with Gasteiger partial charge in [-0.1, -0.05) is 6.07 Å². The maximum Gasteiger partial charge on any atom is 0.279 e. The van der Waals surface area contributed by atoms with Crippen molar-refractivity contribution in [2.24, 2.45) is 4.99 Å². The highest BCUT2D eigenvalue weighted by Gasteiger charge is 2.20. The smallest absolute Gasteiger partial charge is 0.279 e. The molecule has 0 fully saturated rings. The van der Waals surface area contributed by atoms with Crippen molar-refractivity contribution >= 4 is 33.6 Å². The van der Waals surface area contributed by atoms with Crippen LogP contribution in [0.4, 0.5) is 11.4 Å². The van der Waals surface area contributed by atoms with Crippen LogP contribution in [0.5, 0.6) is 0 Å². The van der Waals surface area contributed by atoms with Crippen molar-refractivity contribution in [1.29, 1.82) is 0 Å². The van der Waals surface area contributed by atoms with Crippen LogP contribution in [-0.2, 0) is 0 Å². The van der Waals surface area contributed by atoms with Crippen LogP contribution in [0.15, 0.2) is 57.2 Å². The lowest BCUT2D eigenvalue weighted by atomic mass is 10.2. The van der Waals surface area contributed by atoms with Crippen LogP contribution in [-0.4, -0.2) is 30.7 Å². The Morgan fingerprint density at radius 2 is 1.86 bits per heavy atom. The number of fused-ring (bicyclic) bond motifs is 1. The lowest BCUT2D eigenvalue weighted by Gasteiger charge is -2.17. The van der Waals surface area contributed by atoms with Gasteiger partial charge in [0.15, 0.2) is 0 Å². The van der Waals surface area contributed by atoms with Gasteiger partial charge in [-0.25, -0.2) is 0 Å². The Balaban J connectivity index is 2.08. The molecule has 0 spiro atoms. The third kappa shape index (κ3) is 2.53. The van der Waals surface area contributed by atoms with Crippen molar-refractivity contribution in [1.82, 2.24) is 0 Å². The molecular formula is C16H15N3O2S. The SMILES string of the molecule is CN(C)c1ccc(S2=CN=Cc3c([N+](=O)[O-])cccc32)cc1. The molecule has 22 heavy (non-hydrogen) atoms. The van der Waals surface area contributed by atoms with Gasteiger partial charge in [-0.3, -0.25) is 15.1 Å². The fourth-order valence-electron chi connectivity index (χ4n) is 2.31. The van der Waals surface area contributed by atoms with Crippen LogP contribution in [0.2, 0.25) is 0 Å².